The normalized spacial score (nSPS) is 11.7. The van der Waals surface area contributed by atoms with Crippen molar-refractivity contribution in [2.24, 2.45) is 0 Å². The zero-order valence-electron chi connectivity index (χ0n) is 31.7. The number of pyridine rings is 1. The highest BCUT2D eigenvalue weighted by Gasteiger charge is 2.20. The molecule has 3 heterocycles. The molecule has 0 N–H and O–H groups in total. The van der Waals surface area contributed by atoms with Crippen LogP contribution in [0.2, 0.25) is 0 Å². The fourth-order valence-electron chi connectivity index (χ4n) is 8.63. The van der Waals surface area contributed by atoms with Crippen LogP contribution in [0.3, 0.4) is 0 Å². The number of para-hydroxylation sites is 2. The fourth-order valence-corrected chi connectivity index (χ4v) is 8.63. The first kappa shape index (κ1) is 33.2. The van der Waals surface area contributed by atoms with Crippen molar-refractivity contribution in [1.82, 2.24) is 19.9 Å². The summed E-state index contributed by atoms with van der Waals surface area (Å²) in [7, 11) is 0. The summed E-state index contributed by atoms with van der Waals surface area (Å²) in [5, 5.41) is 10.1. The highest BCUT2D eigenvalue weighted by molar-refractivity contribution is 6.29. The van der Waals surface area contributed by atoms with E-state index >= 15 is 0 Å². The number of furan rings is 1. The Balaban J connectivity index is 1.08. The lowest BCUT2D eigenvalue weighted by molar-refractivity contribution is 0.669. The molecule has 3 aromatic heterocycles. The van der Waals surface area contributed by atoms with E-state index in [0.717, 1.165) is 93.5 Å². The van der Waals surface area contributed by atoms with Crippen LogP contribution in [0.1, 0.15) is 0 Å². The maximum absolute atomic E-state index is 6.42. The number of hydrogen-bond donors (Lipinski definition) is 0. The Labute approximate surface area is 338 Å². The van der Waals surface area contributed by atoms with E-state index < -0.39 is 0 Å². The summed E-state index contributed by atoms with van der Waals surface area (Å²) < 4.78 is 6.42. The minimum atomic E-state index is 0.600. The van der Waals surface area contributed by atoms with E-state index in [1.807, 2.05) is 18.2 Å². The quantitative estimate of drug-likeness (QED) is 0.164. The molecule has 0 atom stereocenters. The van der Waals surface area contributed by atoms with E-state index in [9.17, 15) is 0 Å². The van der Waals surface area contributed by atoms with E-state index in [1.165, 1.54) is 10.8 Å². The van der Waals surface area contributed by atoms with Gasteiger partial charge in [-0.05, 0) is 63.5 Å². The second-order valence-corrected chi connectivity index (χ2v) is 15.0. The minimum absolute atomic E-state index is 0.600. The average molecular weight is 753 g/mol. The van der Waals surface area contributed by atoms with Crippen molar-refractivity contribution in [3.8, 4) is 56.5 Å². The summed E-state index contributed by atoms with van der Waals surface area (Å²) >= 11 is 0. The monoisotopic (exact) mass is 752 g/mol. The van der Waals surface area contributed by atoms with Gasteiger partial charge in [-0.3, -0.25) is 0 Å². The van der Waals surface area contributed by atoms with Crippen LogP contribution < -0.4 is 0 Å². The number of aromatic nitrogens is 4. The number of hydrogen-bond acceptors (Lipinski definition) is 5. The lowest BCUT2D eigenvalue weighted by atomic mass is 9.93. The number of rotatable bonds is 5. The van der Waals surface area contributed by atoms with E-state index in [0.29, 0.717) is 17.5 Å². The molecule has 0 spiro atoms. The van der Waals surface area contributed by atoms with Crippen molar-refractivity contribution in [2.75, 3.05) is 0 Å². The number of benzene rings is 9. The van der Waals surface area contributed by atoms with E-state index in [4.69, 9.17) is 24.4 Å². The summed E-state index contributed by atoms with van der Waals surface area (Å²) in [6.45, 7) is 0. The molecule has 5 heteroatoms. The molecule has 0 radical (unpaired) electrons. The summed E-state index contributed by atoms with van der Waals surface area (Å²) in [5.74, 6) is 1.84. The van der Waals surface area contributed by atoms with Crippen molar-refractivity contribution < 1.29 is 4.42 Å². The Morgan fingerprint density at radius 2 is 0.864 bits per heavy atom. The van der Waals surface area contributed by atoms with Crippen molar-refractivity contribution in [2.45, 2.75) is 0 Å². The van der Waals surface area contributed by atoms with Crippen LogP contribution in [0.15, 0.2) is 199 Å². The van der Waals surface area contributed by atoms with Gasteiger partial charge in [0.1, 0.15) is 11.2 Å². The third-order valence-corrected chi connectivity index (χ3v) is 11.5. The average Bonchev–Trinajstić information content (AvgIpc) is 3.70. The van der Waals surface area contributed by atoms with Crippen LogP contribution in [0.25, 0.3) is 122 Å². The second-order valence-electron chi connectivity index (χ2n) is 15.0. The van der Waals surface area contributed by atoms with Gasteiger partial charge < -0.3 is 4.42 Å². The number of nitrogens with zero attached hydrogens (tertiary/aromatic N) is 4. The maximum atomic E-state index is 6.42. The second kappa shape index (κ2) is 13.3. The van der Waals surface area contributed by atoms with Crippen molar-refractivity contribution in [1.29, 1.82) is 0 Å². The Morgan fingerprint density at radius 3 is 1.58 bits per heavy atom. The smallest absolute Gasteiger partial charge is 0.164 e. The predicted molar refractivity (Wildman–Crippen MR) is 242 cm³/mol. The summed E-state index contributed by atoms with van der Waals surface area (Å²) in [5.41, 5.74) is 9.42. The first-order chi connectivity index (χ1) is 29.2. The molecule has 274 valence electrons. The van der Waals surface area contributed by atoms with Gasteiger partial charge in [0.2, 0.25) is 0 Å². The lowest BCUT2D eigenvalue weighted by Crippen LogP contribution is -2.00. The number of fused-ring (bicyclic) bond motifs is 9. The van der Waals surface area contributed by atoms with Crippen molar-refractivity contribution >= 4 is 65.2 Å². The van der Waals surface area contributed by atoms with Crippen LogP contribution in [-0.2, 0) is 0 Å². The van der Waals surface area contributed by atoms with Gasteiger partial charge in [0, 0.05) is 54.7 Å². The van der Waals surface area contributed by atoms with Gasteiger partial charge in [-0.2, -0.15) is 0 Å². The molecule has 12 rings (SSSR count). The molecule has 5 nitrogen and oxygen atoms in total. The fraction of sp³-hybridized carbons (Fsp3) is 0. The molecular weight excluding hydrogens is 721 g/mol. The van der Waals surface area contributed by atoms with Crippen LogP contribution in [0, 0.1) is 0 Å². The summed E-state index contributed by atoms with van der Waals surface area (Å²) in [6.07, 6.45) is 0. The van der Waals surface area contributed by atoms with E-state index in [2.05, 4.69) is 176 Å². The standard InChI is InChI=1S/C54H32N4O/c1-2-14-35(15-3-1)50-45-28-29-47-49(43-20-8-9-23-46(43)59-47)48(45)44-22-11-21-42(51(44)55-50)38-18-10-19-39(32-38)52-56-53(40-26-24-33-12-4-6-16-36(33)30-40)58-54(57-52)41-27-25-34-13-5-7-17-37(34)31-41/h1-32H. The summed E-state index contributed by atoms with van der Waals surface area (Å²) in [4.78, 5) is 21.0. The third kappa shape index (κ3) is 5.55. The van der Waals surface area contributed by atoms with Gasteiger partial charge in [-0.1, -0.05) is 158 Å². The third-order valence-electron chi connectivity index (χ3n) is 11.5. The zero-order chi connectivity index (χ0) is 38.9. The molecule has 9 aromatic carbocycles. The molecule has 0 fully saturated rings. The molecule has 0 aliphatic rings. The van der Waals surface area contributed by atoms with Crippen LogP contribution in [0.5, 0.6) is 0 Å². The molecule has 0 bridgehead atoms. The van der Waals surface area contributed by atoms with Gasteiger partial charge in [-0.25, -0.2) is 19.9 Å². The Bertz CT molecular complexity index is 3530. The molecule has 0 aliphatic carbocycles. The maximum Gasteiger partial charge on any atom is 0.164 e. The van der Waals surface area contributed by atoms with E-state index in [-0.39, 0.29) is 0 Å². The molecule has 0 amide bonds. The van der Waals surface area contributed by atoms with Gasteiger partial charge >= 0.3 is 0 Å². The highest BCUT2D eigenvalue weighted by atomic mass is 16.3. The Kier molecular flexibility index (Phi) is 7.47. The topological polar surface area (TPSA) is 64.7 Å². The van der Waals surface area contributed by atoms with Gasteiger partial charge in [0.25, 0.3) is 0 Å². The minimum Gasteiger partial charge on any atom is -0.456 e. The molecule has 0 unspecified atom stereocenters. The van der Waals surface area contributed by atoms with Crippen molar-refractivity contribution in [3.63, 3.8) is 0 Å². The van der Waals surface area contributed by atoms with Crippen LogP contribution >= 0.6 is 0 Å². The first-order valence-corrected chi connectivity index (χ1v) is 19.8. The largest absolute Gasteiger partial charge is 0.456 e. The zero-order valence-corrected chi connectivity index (χ0v) is 31.7. The highest BCUT2D eigenvalue weighted by Crippen LogP contribution is 2.43. The van der Waals surface area contributed by atoms with Crippen molar-refractivity contribution in [3.05, 3.63) is 194 Å². The van der Waals surface area contributed by atoms with Gasteiger partial charge in [0.15, 0.2) is 17.5 Å². The molecule has 59 heavy (non-hydrogen) atoms. The first-order valence-electron chi connectivity index (χ1n) is 19.8. The van der Waals surface area contributed by atoms with Gasteiger partial charge in [0.05, 0.1) is 11.2 Å². The molecule has 0 saturated heterocycles. The summed E-state index contributed by atoms with van der Waals surface area (Å²) in [6, 6.07) is 67.5. The molecular formula is C54H32N4O. The SMILES string of the molecule is c1ccc(-c2nc3c(-c4cccc(-c5nc(-c6ccc7ccccc7c6)nc(-c6ccc7ccccc7c6)n5)c4)cccc3c3c2ccc2oc4ccccc4c23)cc1. The molecule has 12 aromatic rings. The van der Waals surface area contributed by atoms with Crippen LogP contribution in [0.4, 0.5) is 0 Å². The Morgan fingerprint density at radius 1 is 0.305 bits per heavy atom. The molecule has 0 saturated carbocycles. The predicted octanol–water partition coefficient (Wildman–Crippen LogP) is 14.1. The van der Waals surface area contributed by atoms with E-state index in [1.54, 1.807) is 0 Å². The van der Waals surface area contributed by atoms with Crippen LogP contribution in [-0.4, -0.2) is 19.9 Å². The lowest BCUT2D eigenvalue weighted by Gasteiger charge is -2.15. The Hall–Kier alpha value is -8.02. The van der Waals surface area contributed by atoms with Gasteiger partial charge in [-0.15, -0.1) is 0 Å². The molecule has 0 aliphatic heterocycles.